The highest BCUT2D eigenvalue weighted by atomic mass is 32.1. The molecule has 0 saturated carbocycles. The largest absolute Gasteiger partial charge is 0.462 e. The molecule has 0 spiro atoms. The van der Waals surface area contributed by atoms with Gasteiger partial charge in [-0.15, -0.1) is 0 Å². The van der Waals surface area contributed by atoms with E-state index in [4.69, 9.17) is 4.74 Å². The monoisotopic (exact) mass is 305 g/mol. The highest BCUT2D eigenvalue weighted by molar-refractivity contribution is 7.81. The van der Waals surface area contributed by atoms with Gasteiger partial charge >= 0.3 is 5.97 Å². The molecular weight excluding hydrogens is 290 g/mol. The maximum Gasteiger partial charge on any atom is 0.343 e. The average molecular weight is 305 g/mol. The Labute approximate surface area is 127 Å². The number of nitrogens with one attached hydrogen (secondary N) is 1. The maximum absolute atomic E-state index is 11.9. The van der Waals surface area contributed by atoms with Crippen molar-refractivity contribution in [3.05, 3.63) is 42.1 Å². The van der Waals surface area contributed by atoms with Crippen LogP contribution in [0.5, 0.6) is 0 Å². The third kappa shape index (κ3) is 3.43. The van der Waals surface area contributed by atoms with Gasteiger partial charge in [-0.1, -0.05) is 18.2 Å². The van der Waals surface area contributed by atoms with Crippen LogP contribution in [0.3, 0.4) is 0 Å². The van der Waals surface area contributed by atoms with Crippen LogP contribution in [0, 0.1) is 0 Å². The van der Waals surface area contributed by atoms with Crippen molar-refractivity contribution < 1.29 is 14.3 Å². The molecule has 0 bridgehead atoms. The smallest absolute Gasteiger partial charge is 0.343 e. The molecule has 1 aromatic carbocycles. The molecular formula is C14H15N3O3S. The number of rotatable bonds is 5. The van der Waals surface area contributed by atoms with Gasteiger partial charge in [0.05, 0.1) is 24.2 Å². The lowest BCUT2D eigenvalue weighted by Gasteiger charge is -2.10. The quantitative estimate of drug-likeness (QED) is 0.654. The highest BCUT2D eigenvalue weighted by Crippen LogP contribution is 2.21. The van der Waals surface area contributed by atoms with Crippen molar-refractivity contribution in [3.63, 3.8) is 0 Å². The number of amides is 1. The number of benzene rings is 1. The predicted octanol–water partition coefficient (Wildman–Crippen LogP) is 1.92. The Morgan fingerprint density at radius 2 is 2.05 bits per heavy atom. The number of hydrogen-bond acceptors (Lipinski definition) is 5. The number of esters is 1. The second-order valence-electron chi connectivity index (χ2n) is 4.08. The lowest BCUT2D eigenvalue weighted by atomic mass is 10.3. The minimum Gasteiger partial charge on any atom is -0.462 e. The van der Waals surface area contributed by atoms with E-state index >= 15 is 0 Å². The number of anilines is 1. The molecule has 7 heteroatoms. The molecule has 1 aromatic heterocycles. The van der Waals surface area contributed by atoms with Gasteiger partial charge in [0.25, 0.3) is 0 Å². The normalized spacial score (nSPS) is 10.2. The van der Waals surface area contributed by atoms with E-state index in [1.54, 1.807) is 6.92 Å². The fourth-order valence-electron chi connectivity index (χ4n) is 1.76. The summed E-state index contributed by atoms with van der Waals surface area (Å²) in [4.78, 5) is 23.5. The summed E-state index contributed by atoms with van der Waals surface area (Å²) in [6, 6.07) is 9.18. The van der Waals surface area contributed by atoms with Gasteiger partial charge in [-0.3, -0.25) is 4.79 Å². The molecule has 0 atom stereocenters. The van der Waals surface area contributed by atoms with Crippen LogP contribution in [0.1, 0.15) is 17.3 Å². The topological polar surface area (TPSA) is 73.2 Å². The molecule has 0 aliphatic carbocycles. The number of carbonyl (C=O) groups excluding carboxylic acids is 2. The molecule has 0 aliphatic heterocycles. The van der Waals surface area contributed by atoms with Gasteiger partial charge in [-0.05, 0) is 19.1 Å². The first-order chi connectivity index (χ1) is 10.2. The van der Waals surface area contributed by atoms with Gasteiger partial charge in [0.1, 0.15) is 5.56 Å². The maximum atomic E-state index is 11.9. The molecule has 2 rings (SSSR count). The van der Waals surface area contributed by atoms with E-state index in [1.165, 1.54) is 10.9 Å². The molecule has 6 nitrogen and oxygen atoms in total. The second kappa shape index (κ2) is 6.94. The standard InChI is InChI=1S/C14H15N3O3S/c1-2-20-14(19)11-8-15-17(10-6-4-3-5-7-10)13(11)16-12(18)9-21/h3-8,21H,2,9H2,1H3,(H,16,18). The van der Waals surface area contributed by atoms with Crippen LogP contribution in [0.4, 0.5) is 5.82 Å². The lowest BCUT2D eigenvalue weighted by Crippen LogP contribution is -2.18. The lowest BCUT2D eigenvalue weighted by molar-refractivity contribution is -0.113. The van der Waals surface area contributed by atoms with Crippen molar-refractivity contribution in [1.82, 2.24) is 9.78 Å². The number of aromatic nitrogens is 2. The zero-order chi connectivity index (χ0) is 15.2. The second-order valence-corrected chi connectivity index (χ2v) is 4.40. The molecule has 21 heavy (non-hydrogen) atoms. The molecule has 0 aliphatic rings. The number of thiol groups is 1. The average Bonchev–Trinajstić information content (AvgIpc) is 2.92. The van der Waals surface area contributed by atoms with Crippen LogP contribution in [0.25, 0.3) is 5.69 Å². The first-order valence-electron chi connectivity index (χ1n) is 6.38. The van der Waals surface area contributed by atoms with E-state index in [1.807, 2.05) is 30.3 Å². The summed E-state index contributed by atoms with van der Waals surface area (Å²) in [6.45, 7) is 1.96. The van der Waals surface area contributed by atoms with Crippen molar-refractivity contribution in [3.8, 4) is 5.69 Å². The molecule has 1 N–H and O–H groups in total. The Morgan fingerprint density at radius 3 is 2.67 bits per heavy atom. The fourth-order valence-corrected chi connectivity index (χ4v) is 1.84. The predicted molar refractivity (Wildman–Crippen MR) is 82.0 cm³/mol. The molecule has 110 valence electrons. The van der Waals surface area contributed by atoms with Crippen molar-refractivity contribution in [1.29, 1.82) is 0 Å². The molecule has 0 unspecified atom stereocenters. The van der Waals surface area contributed by atoms with Gasteiger partial charge in [0.15, 0.2) is 5.82 Å². The summed E-state index contributed by atoms with van der Waals surface area (Å²) >= 11 is 3.92. The van der Waals surface area contributed by atoms with Crippen LogP contribution in [-0.4, -0.2) is 34.0 Å². The van der Waals surface area contributed by atoms with Gasteiger partial charge in [-0.2, -0.15) is 17.7 Å². The van der Waals surface area contributed by atoms with Gasteiger partial charge in [0, 0.05) is 0 Å². The summed E-state index contributed by atoms with van der Waals surface area (Å²) in [5.41, 5.74) is 0.929. The van der Waals surface area contributed by atoms with Gasteiger partial charge < -0.3 is 10.1 Å². The first kappa shape index (κ1) is 15.1. The Morgan fingerprint density at radius 1 is 1.33 bits per heavy atom. The van der Waals surface area contributed by atoms with Crippen LogP contribution in [-0.2, 0) is 9.53 Å². The van der Waals surface area contributed by atoms with E-state index in [0.717, 1.165) is 5.69 Å². The minimum absolute atomic E-state index is 0.00222. The highest BCUT2D eigenvalue weighted by Gasteiger charge is 2.20. The zero-order valence-electron chi connectivity index (χ0n) is 11.4. The van der Waals surface area contributed by atoms with Crippen molar-refractivity contribution in [2.75, 3.05) is 17.7 Å². The van der Waals surface area contributed by atoms with Gasteiger partial charge in [0.2, 0.25) is 5.91 Å². The Balaban J connectivity index is 2.46. The third-order valence-corrected chi connectivity index (χ3v) is 2.95. The first-order valence-corrected chi connectivity index (χ1v) is 7.02. The summed E-state index contributed by atoms with van der Waals surface area (Å²) in [7, 11) is 0. The van der Waals surface area contributed by atoms with Crippen LogP contribution in [0.2, 0.25) is 0 Å². The number of nitrogens with zero attached hydrogens (tertiary/aromatic N) is 2. The van der Waals surface area contributed by atoms with Crippen molar-refractivity contribution >= 4 is 30.3 Å². The van der Waals surface area contributed by atoms with E-state index in [0.29, 0.717) is 0 Å². The van der Waals surface area contributed by atoms with E-state index < -0.39 is 5.97 Å². The van der Waals surface area contributed by atoms with E-state index in [9.17, 15) is 9.59 Å². The third-order valence-electron chi connectivity index (χ3n) is 2.67. The van der Waals surface area contributed by atoms with E-state index in [2.05, 4.69) is 23.0 Å². The Hall–Kier alpha value is -2.28. The number of ether oxygens (including phenoxy) is 1. The molecule has 2 aromatic rings. The molecule has 0 saturated heterocycles. The Kier molecular flexibility index (Phi) is 4.99. The number of hydrogen-bond donors (Lipinski definition) is 2. The van der Waals surface area contributed by atoms with Crippen LogP contribution < -0.4 is 5.32 Å². The van der Waals surface area contributed by atoms with Crippen LogP contribution in [0.15, 0.2) is 36.5 Å². The summed E-state index contributed by atoms with van der Waals surface area (Å²) in [5.74, 6) is -0.586. The number of carbonyl (C=O) groups is 2. The van der Waals surface area contributed by atoms with E-state index in [-0.39, 0.29) is 29.6 Å². The summed E-state index contributed by atoms with van der Waals surface area (Å²) < 4.78 is 6.45. The number of para-hydroxylation sites is 1. The van der Waals surface area contributed by atoms with Crippen molar-refractivity contribution in [2.24, 2.45) is 0 Å². The van der Waals surface area contributed by atoms with Gasteiger partial charge in [-0.25, -0.2) is 9.48 Å². The summed E-state index contributed by atoms with van der Waals surface area (Å²) in [6.07, 6.45) is 1.37. The Bertz CT molecular complexity index is 640. The van der Waals surface area contributed by atoms with Crippen LogP contribution >= 0.6 is 12.6 Å². The van der Waals surface area contributed by atoms with Crippen molar-refractivity contribution in [2.45, 2.75) is 6.92 Å². The molecule has 1 amide bonds. The fraction of sp³-hybridized carbons (Fsp3) is 0.214. The minimum atomic E-state index is -0.533. The molecule has 0 radical (unpaired) electrons. The molecule has 1 heterocycles. The SMILES string of the molecule is CCOC(=O)c1cnn(-c2ccccc2)c1NC(=O)CS. The molecule has 0 fully saturated rings. The zero-order valence-corrected chi connectivity index (χ0v) is 12.3. The summed E-state index contributed by atoms with van der Waals surface area (Å²) in [5, 5.41) is 6.78.